The molecule has 0 amide bonds. The molecule has 4 nitrogen and oxygen atoms in total. The first-order valence-corrected chi connectivity index (χ1v) is 5.99. The van der Waals surface area contributed by atoms with E-state index in [9.17, 15) is 9.59 Å². The summed E-state index contributed by atoms with van der Waals surface area (Å²) in [6, 6.07) is 7.49. The van der Waals surface area contributed by atoms with Gasteiger partial charge in [-0.25, -0.2) is 4.79 Å². The zero-order chi connectivity index (χ0) is 13.2. The molecule has 2 rings (SSSR count). The molecular formula is C14H16O4. The second kappa shape index (κ2) is 4.80. The molecule has 1 unspecified atom stereocenters. The minimum Gasteiger partial charge on any atom is -0.435 e. The second-order valence-electron chi connectivity index (χ2n) is 4.70. The lowest BCUT2D eigenvalue weighted by atomic mass is 9.87. The fourth-order valence-electron chi connectivity index (χ4n) is 2.22. The number of benzene rings is 1. The van der Waals surface area contributed by atoms with E-state index >= 15 is 0 Å². The van der Waals surface area contributed by atoms with Gasteiger partial charge in [0.2, 0.25) is 0 Å². The second-order valence-corrected chi connectivity index (χ2v) is 4.70. The van der Waals surface area contributed by atoms with E-state index in [0.29, 0.717) is 6.42 Å². The van der Waals surface area contributed by atoms with Gasteiger partial charge in [-0.15, -0.1) is 0 Å². The molecule has 0 bridgehead atoms. The van der Waals surface area contributed by atoms with E-state index in [1.807, 2.05) is 31.2 Å². The molecule has 0 fully saturated rings. The van der Waals surface area contributed by atoms with Gasteiger partial charge < -0.3 is 9.47 Å². The Kier molecular flexibility index (Phi) is 3.36. The van der Waals surface area contributed by atoms with Gasteiger partial charge in [-0.2, -0.15) is 0 Å². The molecule has 96 valence electrons. The van der Waals surface area contributed by atoms with Crippen LogP contribution in [0.25, 0.3) is 0 Å². The molecule has 0 spiro atoms. The van der Waals surface area contributed by atoms with Gasteiger partial charge in [-0.05, 0) is 25.8 Å². The van der Waals surface area contributed by atoms with Crippen LogP contribution in [-0.4, -0.2) is 25.2 Å². The maximum absolute atomic E-state index is 12.3. The summed E-state index contributed by atoms with van der Waals surface area (Å²) >= 11 is 0. The van der Waals surface area contributed by atoms with Crippen LogP contribution in [-0.2, 0) is 15.9 Å². The Bertz CT molecular complexity index is 480. The number of rotatable bonds is 3. The maximum atomic E-state index is 12.3. The van der Waals surface area contributed by atoms with Gasteiger partial charge in [0.1, 0.15) is 6.61 Å². The van der Waals surface area contributed by atoms with E-state index in [1.165, 1.54) is 0 Å². The maximum Gasteiger partial charge on any atom is 0.508 e. The molecule has 1 atom stereocenters. The molecule has 18 heavy (non-hydrogen) atoms. The first kappa shape index (κ1) is 12.6. The molecule has 0 radical (unpaired) electrons. The molecule has 4 heteroatoms. The molecule has 0 saturated heterocycles. The fraction of sp³-hybridized carbons (Fsp3) is 0.429. The number of fused-ring (bicyclic) bond motifs is 1. The van der Waals surface area contributed by atoms with Gasteiger partial charge in [0.15, 0.2) is 5.78 Å². The smallest absolute Gasteiger partial charge is 0.435 e. The third-order valence-electron chi connectivity index (χ3n) is 3.16. The van der Waals surface area contributed by atoms with Crippen LogP contribution in [0, 0.1) is 5.41 Å². The summed E-state index contributed by atoms with van der Waals surface area (Å²) < 4.78 is 9.68. The van der Waals surface area contributed by atoms with Crippen molar-refractivity contribution in [3.63, 3.8) is 0 Å². The predicted molar refractivity (Wildman–Crippen MR) is 65.6 cm³/mol. The summed E-state index contributed by atoms with van der Waals surface area (Å²) in [6.45, 7) is 3.84. The third kappa shape index (κ3) is 2.23. The highest BCUT2D eigenvalue weighted by molar-refractivity contribution is 6.04. The Balaban J connectivity index is 2.06. The van der Waals surface area contributed by atoms with Crippen molar-refractivity contribution in [3.05, 3.63) is 35.4 Å². The van der Waals surface area contributed by atoms with Crippen LogP contribution < -0.4 is 0 Å². The Morgan fingerprint density at radius 3 is 2.72 bits per heavy atom. The van der Waals surface area contributed by atoms with Crippen LogP contribution in [0.2, 0.25) is 0 Å². The van der Waals surface area contributed by atoms with Crippen molar-refractivity contribution >= 4 is 11.9 Å². The molecule has 0 aromatic heterocycles. The van der Waals surface area contributed by atoms with E-state index in [1.54, 1.807) is 6.92 Å². The Morgan fingerprint density at radius 1 is 1.33 bits per heavy atom. The lowest BCUT2D eigenvalue weighted by Gasteiger charge is -2.20. The Labute approximate surface area is 106 Å². The average Bonchev–Trinajstić information content (AvgIpc) is 2.61. The van der Waals surface area contributed by atoms with Crippen molar-refractivity contribution in [3.8, 4) is 0 Å². The van der Waals surface area contributed by atoms with E-state index < -0.39 is 11.6 Å². The first-order chi connectivity index (χ1) is 8.57. The van der Waals surface area contributed by atoms with E-state index in [-0.39, 0.29) is 19.0 Å². The lowest BCUT2D eigenvalue weighted by Crippen LogP contribution is -2.31. The largest absolute Gasteiger partial charge is 0.508 e. The summed E-state index contributed by atoms with van der Waals surface area (Å²) in [7, 11) is 0. The highest BCUT2D eigenvalue weighted by atomic mass is 16.7. The quantitative estimate of drug-likeness (QED) is 0.771. The van der Waals surface area contributed by atoms with Crippen LogP contribution in [0.15, 0.2) is 24.3 Å². The van der Waals surface area contributed by atoms with Crippen LogP contribution in [0.1, 0.15) is 29.8 Å². The van der Waals surface area contributed by atoms with Gasteiger partial charge >= 0.3 is 6.16 Å². The molecule has 0 N–H and O–H groups in total. The fourth-order valence-corrected chi connectivity index (χ4v) is 2.22. The lowest BCUT2D eigenvalue weighted by molar-refractivity contribution is 0.0299. The van der Waals surface area contributed by atoms with E-state index in [2.05, 4.69) is 4.74 Å². The molecule has 1 aromatic carbocycles. The summed E-state index contributed by atoms with van der Waals surface area (Å²) in [5, 5.41) is 0. The number of Topliss-reactive ketones (excluding diaryl/α,β-unsaturated/α-hetero) is 1. The first-order valence-electron chi connectivity index (χ1n) is 5.99. The van der Waals surface area contributed by atoms with Crippen LogP contribution in [0.3, 0.4) is 0 Å². The van der Waals surface area contributed by atoms with Crippen molar-refractivity contribution < 1.29 is 19.1 Å². The van der Waals surface area contributed by atoms with Crippen LogP contribution in [0.5, 0.6) is 0 Å². The number of carbonyl (C=O) groups excluding carboxylic acids is 2. The number of ketones is 1. The Morgan fingerprint density at radius 2 is 2.06 bits per heavy atom. The summed E-state index contributed by atoms with van der Waals surface area (Å²) in [4.78, 5) is 23.4. The zero-order valence-corrected chi connectivity index (χ0v) is 10.6. The highest BCUT2D eigenvalue weighted by Crippen LogP contribution is 2.36. The van der Waals surface area contributed by atoms with Gasteiger partial charge in [0.05, 0.1) is 12.0 Å². The Hall–Kier alpha value is -1.84. The van der Waals surface area contributed by atoms with Crippen molar-refractivity contribution in [2.24, 2.45) is 5.41 Å². The van der Waals surface area contributed by atoms with Gasteiger partial charge in [-0.3, -0.25) is 4.79 Å². The van der Waals surface area contributed by atoms with Crippen molar-refractivity contribution in [2.45, 2.75) is 20.3 Å². The summed E-state index contributed by atoms with van der Waals surface area (Å²) in [5.74, 6) is 0.0300. The summed E-state index contributed by atoms with van der Waals surface area (Å²) in [5.41, 5.74) is 1.07. The van der Waals surface area contributed by atoms with E-state index in [0.717, 1.165) is 11.1 Å². The van der Waals surface area contributed by atoms with E-state index in [4.69, 9.17) is 4.74 Å². The van der Waals surface area contributed by atoms with Crippen molar-refractivity contribution in [1.29, 1.82) is 0 Å². The zero-order valence-electron chi connectivity index (χ0n) is 10.6. The predicted octanol–water partition coefficient (Wildman–Crippen LogP) is 2.60. The van der Waals surface area contributed by atoms with Gasteiger partial charge in [-0.1, -0.05) is 24.3 Å². The van der Waals surface area contributed by atoms with Crippen molar-refractivity contribution in [2.75, 3.05) is 13.2 Å². The minimum absolute atomic E-state index is 0.0300. The minimum atomic E-state index is -0.720. The number of carbonyl (C=O) groups is 2. The third-order valence-corrected chi connectivity index (χ3v) is 3.16. The molecule has 1 aliphatic carbocycles. The highest BCUT2D eigenvalue weighted by Gasteiger charge is 2.42. The average molecular weight is 248 g/mol. The number of hydrogen-bond donors (Lipinski definition) is 0. The van der Waals surface area contributed by atoms with Crippen molar-refractivity contribution in [1.82, 2.24) is 0 Å². The standard InChI is InChI=1S/C14H16O4/c1-3-17-13(16)18-9-14(2)8-10-6-4-5-7-11(10)12(14)15/h4-7H,3,8-9H2,1-2H3. The van der Waals surface area contributed by atoms with Gasteiger partial charge in [0, 0.05) is 5.56 Å². The molecular weight excluding hydrogens is 232 g/mol. The van der Waals surface area contributed by atoms with Gasteiger partial charge in [0.25, 0.3) is 0 Å². The number of ether oxygens (including phenoxy) is 2. The SMILES string of the molecule is CCOC(=O)OCC1(C)Cc2ccccc2C1=O. The van der Waals surface area contributed by atoms with Crippen LogP contribution in [0.4, 0.5) is 4.79 Å². The molecule has 0 heterocycles. The normalized spacial score (nSPS) is 21.6. The molecule has 0 saturated carbocycles. The number of hydrogen-bond acceptors (Lipinski definition) is 4. The summed E-state index contributed by atoms with van der Waals surface area (Å²) in [6.07, 6.45) is -0.121. The molecule has 0 aliphatic heterocycles. The topological polar surface area (TPSA) is 52.6 Å². The monoisotopic (exact) mass is 248 g/mol. The molecule has 1 aromatic rings. The van der Waals surface area contributed by atoms with Crippen LogP contribution >= 0.6 is 0 Å². The molecule has 1 aliphatic rings.